The molecule has 3 heteroatoms. The fourth-order valence-corrected chi connectivity index (χ4v) is 2.09. The van der Waals surface area contributed by atoms with Gasteiger partial charge >= 0.3 is 0 Å². The van der Waals surface area contributed by atoms with E-state index in [-0.39, 0.29) is 6.04 Å². The zero-order chi connectivity index (χ0) is 9.26. The van der Waals surface area contributed by atoms with Gasteiger partial charge in [0, 0.05) is 12.2 Å². The monoisotopic (exact) mass is 192 g/mol. The lowest BCUT2D eigenvalue weighted by Gasteiger charge is -2.07. The summed E-state index contributed by atoms with van der Waals surface area (Å²) in [6, 6.07) is 4.29. The second-order valence-corrected chi connectivity index (χ2v) is 4.04. The van der Waals surface area contributed by atoms with Crippen molar-refractivity contribution in [3.05, 3.63) is 29.3 Å². The van der Waals surface area contributed by atoms with Gasteiger partial charge in [-0.2, -0.15) is 0 Å². The van der Waals surface area contributed by atoms with Crippen LogP contribution < -0.4 is 5.73 Å². The Bertz CT molecular complexity index is 408. The zero-order valence-electron chi connectivity index (χ0n) is 7.53. The molecule has 2 N–H and O–H groups in total. The lowest BCUT2D eigenvalue weighted by Crippen LogP contribution is -2.08. The molecule has 2 nitrogen and oxygen atoms in total. The van der Waals surface area contributed by atoms with Gasteiger partial charge in [-0.15, -0.1) is 11.3 Å². The molecular formula is C10H12N2S. The Labute approximate surface area is 81.4 Å². The number of thiophene rings is 1. The lowest BCUT2D eigenvalue weighted by molar-refractivity contribution is 0.697. The predicted octanol–water partition coefficient (Wildman–Crippen LogP) is 2.71. The number of hydrogen-bond acceptors (Lipinski definition) is 3. The minimum atomic E-state index is 0.124. The van der Waals surface area contributed by atoms with Crippen LogP contribution in [0.25, 0.3) is 10.2 Å². The quantitative estimate of drug-likeness (QED) is 0.794. The Balaban J connectivity index is 2.48. The highest BCUT2D eigenvalue weighted by atomic mass is 32.1. The molecular weight excluding hydrogens is 180 g/mol. The van der Waals surface area contributed by atoms with Crippen LogP contribution in [0.1, 0.15) is 24.9 Å². The molecule has 68 valence electrons. The van der Waals surface area contributed by atoms with E-state index in [0.717, 1.165) is 17.5 Å². The van der Waals surface area contributed by atoms with Crippen LogP contribution in [0.15, 0.2) is 23.7 Å². The molecule has 0 aromatic carbocycles. The Kier molecular flexibility index (Phi) is 2.29. The number of aromatic nitrogens is 1. The largest absolute Gasteiger partial charge is 0.324 e. The first-order valence-electron chi connectivity index (χ1n) is 4.40. The standard InChI is InChI=1S/C10H12N2S/c1-2-8(11)7-5-10-9(12-6-7)3-4-13-10/h3-6,8H,2,11H2,1H3/t8-/m0/s1. The van der Waals surface area contributed by atoms with E-state index in [4.69, 9.17) is 5.73 Å². The third-order valence-corrected chi connectivity index (χ3v) is 3.04. The molecule has 0 saturated carbocycles. The van der Waals surface area contributed by atoms with Crippen molar-refractivity contribution < 1.29 is 0 Å². The number of rotatable bonds is 2. The molecule has 0 fully saturated rings. The molecule has 0 aliphatic rings. The van der Waals surface area contributed by atoms with Gasteiger partial charge in [-0.05, 0) is 29.5 Å². The molecule has 13 heavy (non-hydrogen) atoms. The smallest absolute Gasteiger partial charge is 0.0809 e. The molecule has 0 spiro atoms. The van der Waals surface area contributed by atoms with Crippen molar-refractivity contribution in [2.24, 2.45) is 5.73 Å². The van der Waals surface area contributed by atoms with Gasteiger partial charge in [0.15, 0.2) is 0 Å². The Morgan fingerprint density at radius 3 is 3.23 bits per heavy atom. The summed E-state index contributed by atoms with van der Waals surface area (Å²) >= 11 is 1.71. The van der Waals surface area contributed by atoms with Crippen molar-refractivity contribution in [2.75, 3.05) is 0 Å². The molecule has 1 atom stereocenters. The molecule has 0 bridgehead atoms. The molecule has 2 heterocycles. The van der Waals surface area contributed by atoms with Gasteiger partial charge in [-0.3, -0.25) is 4.98 Å². The maximum Gasteiger partial charge on any atom is 0.0809 e. The summed E-state index contributed by atoms with van der Waals surface area (Å²) in [4.78, 5) is 4.34. The van der Waals surface area contributed by atoms with Crippen LogP contribution in [-0.4, -0.2) is 4.98 Å². The summed E-state index contributed by atoms with van der Waals surface area (Å²) in [5.41, 5.74) is 8.12. The first-order valence-corrected chi connectivity index (χ1v) is 5.28. The Morgan fingerprint density at radius 2 is 2.46 bits per heavy atom. The van der Waals surface area contributed by atoms with Gasteiger partial charge in [0.05, 0.1) is 10.2 Å². The van der Waals surface area contributed by atoms with Crippen LogP contribution in [0.3, 0.4) is 0 Å². The summed E-state index contributed by atoms with van der Waals surface area (Å²) in [6.45, 7) is 2.09. The van der Waals surface area contributed by atoms with Crippen LogP contribution in [0.2, 0.25) is 0 Å². The van der Waals surface area contributed by atoms with Crippen molar-refractivity contribution in [2.45, 2.75) is 19.4 Å². The van der Waals surface area contributed by atoms with Crippen molar-refractivity contribution >= 4 is 21.6 Å². The summed E-state index contributed by atoms with van der Waals surface area (Å²) in [7, 11) is 0. The van der Waals surface area contributed by atoms with Crippen molar-refractivity contribution in [1.82, 2.24) is 4.98 Å². The number of nitrogens with two attached hydrogens (primary N) is 1. The molecule has 0 aliphatic heterocycles. The minimum Gasteiger partial charge on any atom is -0.324 e. The minimum absolute atomic E-state index is 0.124. The topological polar surface area (TPSA) is 38.9 Å². The number of pyridine rings is 1. The number of hydrogen-bond donors (Lipinski definition) is 1. The normalized spacial score (nSPS) is 13.4. The van der Waals surface area contributed by atoms with E-state index in [9.17, 15) is 0 Å². The highest BCUT2D eigenvalue weighted by molar-refractivity contribution is 7.17. The average molecular weight is 192 g/mol. The highest BCUT2D eigenvalue weighted by Gasteiger charge is 2.04. The van der Waals surface area contributed by atoms with Gasteiger partial charge in [0.25, 0.3) is 0 Å². The van der Waals surface area contributed by atoms with Crippen LogP contribution in [0, 0.1) is 0 Å². The van der Waals surface area contributed by atoms with E-state index in [1.54, 1.807) is 11.3 Å². The second-order valence-electron chi connectivity index (χ2n) is 3.09. The van der Waals surface area contributed by atoms with Gasteiger partial charge < -0.3 is 5.73 Å². The van der Waals surface area contributed by atoms with E-state index >= 15 is 0 Å². The van der Waals surface area contributed by atoms with Gasteiger partial charge in [-0.1, -0.05) is 6.92 Å². The SMILES string of the molecule is CC[C@H](N)c1cnc2ccsc2c1. The third-order valence-electron chi connectivity index (χ3n) is 2.19. The average Bonchev–Trinajstić information content (AvgIpc) is 2.63. The molecule has 2 rings (SSSR count). The predicted molar refractivity (Wildman–Crippen MR) is 56.8 cm³/mol. The molecule has 2 aromatic heterocycles. The summed E-state index contributed by atoms with van der Waals surface area (Å²) in [6.07, 6.45) is 2.84. The van der Waals surface area contributed by atoms with Gasteiger partial charge in [-0.25, -0.2) is 0 Å². The van der Waals surface area contributed by atoms with E-state index in [0.29, 0.717) is 0 Å². The highest BCUT2D eigenvalue weighted by Crippen LogP contribution is 2.22. The van der Waals surface area contributed by atoms with Crippen LogP contribution in [-0.2, 0) is 0 Å². The van der Waals surface area contributed by atoms with Gasteiger partial charge in [0.2, 0.25) is 0 Å². The summed E-state index contributed by atoms with van der Waals surface area (Å²) < 4.78 is 1.22. The van der Waals surface area contributed by atoms with Crippen LogP contribution >= 0.6 is 11.3 Å². The van der Waals surface area contributed by atoms with Crippen LogP contribution in [0.4, 0.5) is 0 Å². The van der Waals surface area contributed by atoms with E-state index in [2.05, 4.69) is 23.4 Å². The zero-order valence-corrected chi connectivity index (χ0v) is 8.34. The Hall–Kier alpha value is -0.930. The molecule has 0 saturated heterocycles. The van der Waals surface area contributed by atoms with Crippen LogP contribution in [0.5, 0.6) is 0 Å². The first-order chi connectivity index (χ1) is 6.31. The summed E-state index contributed by atoms with van der Waals surface area (Å²) in [5.74, 6) is 0. The third kappa shape index (κ3) is 1.57. The maximum atomic E-state index is 5.92. The molecule has 0 unspecified atom stereocenters. The van der Waals surface area contributed by atoms with Crippen molar-refractivity contribution in [3.8, 4) is 0 Å². The lowest BCUT2D eigenvalue weighted by atomic mass is 10.1. The van der Waals surface area contributed by atoms with Crippen molar-refractivity contribution in [1.29, 1.82) is 0 Å². The number of nitrogens with zero attached hydrogens (tertiary/aromatic N) is 1. The first kappa shape index (κ1) is 8.66. The van der Waals surface area contributed by atoms with Gasteiger partial charge in [0.1, 0.15) is 0 Å². The Morgan fingerprint density at radius 1 is 1.62 bits per heavy atom. The molecule has 0 amide bonds. The summed E-state index contributed by atoms with van der Waals surface area (Å²) in [5, 5.41) is 2.05. The fraction of sp³-hybridized carbons (Fsp3) is 0.300. The molecule has 0 radical (unpaired) electrons. The second kappa shape index (κ2) is 3.44. The van der Waals surface area contributed by atoms with E-state index < -0.39 is 0 Å². The molecule has 2 aromatic rings. The molecule has 0 aliphatic carbocycles. The van der Waals surface area contributed by atoms with E-state index in [1.165, 1.54) is 4.70 Å². The van der Waals surface area contributed by atoms with Crippen molar-refractivity contribution in [3.63, 3.8) is 0 Å². The van der Waals surface area contributed by atoms with E-state index in [1.807, 2.05) is 12.3 Å². The fourth-order valence-electron chi connectivity index (χ4n) is 1.30. The number of fused-ring (bicyclic) bond motifs is 1. The maximum absolute atomic E-state index is 5.92.